The highest BCUT2D eigenvalue weighted by Gasteiger charge is 2.20. The molecule has 2 rings (SSSR count). The van der Waals surface area contributed by atoms with E-state index < -0.39 is 0 Å². The van der Waals surface area contributed by atoms with Crippen molar-refractivity contribution in [1.29, 1.82) is 0 Å². The molecule has 0 aromatic carbocycles. The van der Waals surface area contributed by atoms with Crippen LogP contribution in [0, 0.1) is 6.92 Å². The Hall–Kier alpha value is -0.930. The van der Waals surface area contributed by atoms with Gasteiger partial charge in [0.25, 0.3) is 0 Å². The summed E-state index contributed by atoms with van der Waals surface area (Å²) in [7, 11) is 0. The fourth-order valence-corrected chi connectivity index (χ4v) is 2.58. The van der Waals surface area contributed by atoms with Gasteiger partial charge in [-0.15, -0.1) is 22.9 Å². The monoisotopic (exact) mass is 252 g/mol. The van der Waals surface area contributed by atoms with Gasteiger partial charge in [0.1, 0.15) is 0 Å². The number of hydrogen-bond acceptors (Lipinski definition) is 3. The number of nitrogens with zero attached hydrogens (tertiary/aromatic N) is 2. The van der Waals surface area contributed by atoms with Crippen molar-refractivity contribution in [3.8, 4) is 0 Å². The van der Waals surface area contributed by atoms with Crippen molar-refractivity contribution in [2.45, 2.75) is 25.1 Å². The lowest BCUT2D eigenvalue weighted by Gasteiger charge is -2.16. The fraction of sp³-hybridized carbons (Fsp3) is 0.333. The standard InChI is InChI=1S/C12H13ClN2S/c1-8(10-3-5-14-6-4-10)12(13)11-7-16-9(2)15-11/h3-8,12H,1-2H3. The second-order valence-corrected chi connectivity index (χ2v) is 5.29. The van der Waals surface area contributed by atoms with Gasteiger partial charge in [-0.2, -0.15) is 0 Å². The van der Waals surface area contributed by atoms with Gasteiger partial charge in [-0.25, -0.2) is 4.98 Å². The first-order valence-electron chi connectivity index (χ1n) is 5.14. The topological polar surface area (TPSA) is 25.8 Å². The van der Waals surface area contributed by atoms with E-state index >= 15 is 0 Å². The fourth-order valence-electron chi connectivity index (χ4n) is 1.60. The first kappa shape index (κ1) is 11.6. The van der Waals surface area contributed by atoms with E-state index in [2.05, 4.69) is 16.9 Å². The minimum Gasteiger partial charge on any atom is -0.265 e. The molecule has 2 unspecified atom stereocenters. The van der Waals surface area contributed by atoms with Gasteiger partial charge in [-0.05, 0) is 24.6 Å². The van der Waals surface area contributed by atoms with Crippen molar-refractivity contribution in [3.63, 3.8) is 0 Å². The van der Waals surface area contributed by atoms with Crippen LogP contribution in [0.2, 0.25) is 0 Å². The molecule has 16 heavy (non-hydrogen) atoms. The van der Waals surface area contributed by atoms with Gasteiger partial charge in [-0.3, -0.25) is 4.98 Å². The molecule has 0 N–H and O–H groups in total. The van der Waals surface area contributed by atoms with Crippen LogP contribution >= 0.6 is 22.9 Å². The zero-order valence-corrected chi connectivity index (χ0v) is 10.8. The molecular weight excluding hydrogens is 240 g/mol. The number of thiazole rings is 1. The Bertz CT molecular complexity index is 455. The smallest absolute Gasteiger partial charge is 0.0897 e. The average Bonchev–Trinajstić information content (AvgIpc) is 2.75. The quantitative estimate of drug-likeness (QED) is 0.774. The molecule has 84 valence electrons. The number of pyridine rings is 1. The van der Waals surface area contributed by atoms with E-state index in [1.165, 1.54) is 5.56 Å². The largest absolute Gasteiger partial charge is 0.265 e. The predicted octanol–water partition coefficient (Wildman–Crippen LogP) is 3.93. The SMILES string of the molecule is Cc1nc(C(Cl)C(C)c2ccncc2)cs1. The number of aryl methyl sites for hydroxylation is 1. The summed E-state index contributed by atoms with van der Waals surface area (Å²) >= 11 is 8.07. The van der Waals surface area contributed by atoms with Gasteiger partial charge in [-0.1, -0.05) is 6.92 Å². The summed E-state index contributed by atoms with van der Waals surface area (Å²) in [6.07, 6.45) is 3.59. The lowest BCUT2D eigenvalue weighted by Crippen LogP contribution is -2.03. The highest BCUT2D eigenvalue weighted by molar-refractivity contribution is 7.09. The first-order chi connectivity index (χ1) is 7.68. The number of rotatable bonds is 3. The third-order valence-corrected chi connectivity index (χ3v) is 3.98. The van der Waals surface area contributed by atoms with Crippen LogP contribution in [0.15, 0.2) is 29.9 Å². The van der Waals surface area contributed by atoms with Gasteiger partial charge >= 0.3 is 0 Å². The summed E-state index contributed by atoms with van der Waals surface area (Å²) in [4.78, 5) is 8.44. The van der Waals surface area contributed by atoms with Crippen molar-refractivity contribution in [2.24, 2.45) is 0 Å². The molecule has 2 atom stereocenters. The molecule has 0 bridgehead atoms. The van der Waals surface area contributed by atoms with E-state index in [9.17, 15) is 0 Å². The average molecular weight is 253 g/mol. The minimum absolute atomic E-state index is 0.0765. The van der Waals surface area contributed by atoms with Crippen LogP contribution < -0.4 is 0 Å². The van der Waals surface area contributed by atoms with E-state index in [0.717, 1.165) is 10.7 Å². The number of hydrogen-bond donors (Lipinski definition) is 0. The van der Waals surface area contributed by atoms with E-state index in [1.54, 1.807) is 23.7 Å². The molecule has 0 fully saturated rings. The summed E-state index contributed by atoms with van der Waals surface area (Å²) in [6, 6.07) is 4.00. The maximum atomic E-state index is 6.43. The van der Waals surface area contributed by atoms with Crippen molar-refractivity contribution in [3.05, 3.63) is 46.2 Å². The van der Waals surface area contributed by atoms with Gasteiger partial charge in [0.2, 0.25) is 0 Å². The van der Waals surface area contributed by atoms with Crippen LogP contribution in [0.3, 0.4) is 0 Å². The van der Waals surface area contributed by atoms with Gasteiger partial charge in [0.05, 0.1) is 16.1 Å². The van der Waals surface area contributed by atoms with E-state index in [1.807, 2.05) is 24.4 Å². The Balaban J connectivity index is 2.19. The lowest BCUT2D eigenvalue weighted by atomic mass is 9.97. The molecule has 0 aliphatic carbocycles. The van der Waals surface area contributed by atoms with E-state index in [4.69, 9.17) is 11.6 Å². The van der Waals surface area contributed by atoms with Crippen molar-refractivity contribution in [2.75, 3.05) is 0 Å². The number of alkyl halides is 1. The van der Waals surface area contributed by atoms with Crippen LogP contribution in [0.5, 0.6) is 0 Å². The molecule has 0 saturated heterocycles. The molecule has 0 saturated carbocycles. The van der Waals surface area contributed by atoms with E-state index in [0.29, 0.717) is 0 Å². The molecule has 2 nitrogen and oxygen atoms in total. The molecule has 4 heteroatoms. The Morgan fingerprint density at radius 1 is 1.31 bits per heavy atom. The summed E-state index contributed by atoms with van der Waals surface area (Å²) in [5.41, 5.74) is 2.16. The molecule has 2 aromatic rings. The van der Waals surface area contributed by atoms with Crippen molar-refractivity contribution >= 4 is 22.9 Å². The molecule has 2 aromatic heterocycles. The Kier molecular flexibility index (Phi) is 3.56. The Morgan fingerprint density at radius 2 is 2.00 bits per heavy atom. The normalized spacial score (nSPS) is 14.7. The molecule has 0 amide bonds. The van der Waals surface area contributed by atoms with Gasteiger partial charge < -0.3 is 0 Å². The number of aromatic nitrogens is 2. The third kappa shape index (κ3) is 2.42. The van der Waals surface area contributed by atoms with Crippen LogP contribution in [-0.2, 0) is 0 Å². The van der Waals surface area contributed by atoms with Crippen LogP contribution in [0.1, 0.15) is 34.5 Å². The Labute approximate surface area is 104 Å². The minimum atomic E-state index is -0.0765. The highest BCUT2D eigenvalue weighted by Crippen LogP contribution is 2.35. The van der Waals surface area contributed by atoms with E-state index in [-0.39, 0.29) is 11.3 Å². The number of halogens is 1. The Morgan fingerprint density at radius 3 is 2.56 bits per heavy atom. The predicted molar refractivity (Wildman–Crippen MR) is 68.1 cm³/mol. The molecule has 0 radical (unpaired) electrons. The summed E-state index contributed by atoms with van der Waals surface area (Å²) < 4.78 is 0. The summed E-state index contributed by atoms with van der Waals surface area (Å²) in [5.74, 6) is 0.242. The van der Waals surface area contributed by atoms with Crippen LogP contribution in [0.4, 0.5) is 0 Å². The van der Waals surface area contributed by atoms with Crippen LogP contribution in [-0.4, -0.2) is 9.97 Å². The first-order valence-corrected chi connectivity index (χ1v) is 6.46. The maximum absolute atomic E-state index is 6.43. The van der Waals surface area contributed by atoms with Crippen molar-refractivity contribution in [1.82, 2.24) is 9.97 Å². The zero-order valence-electron chi connectivity index (χ0n) is 9.22. The molecule has 0 aliphatic heterocycles. The zero-order chi connectivity index (χ0) is 11.5. The molecule has 0 aliphatic rings. The second kappa shape index (κ2) is 4.93. The highest BCUT2D eigenvalue weighted by atomic mass is 35.5. The van der Waals surface area contributed by atoms with Gasteiger partial charge in [0, 0.05) is 23.7 Å². The molecule has 2 heterocycles. The second-order valence-electron chi connectivity index (χ2n) is 3.76. The van der Waals surface area contributed by atoms with Crippen LogP contribution in [0.25, 0.3) is 0 Å². The summed E-state index contributed by atoms with van der Waals surface area (Å²) in [5, 5.41) is 3.01. The van der Waals surface area contributed by atoms with Gasteiger partial charge in [0.15, 0.2) is 0 Å². The van der Waals surface area contributed by atoms with Crippen molar-refractivity contribution < 1.29 is 0 Å². The summed E-state index contributed by atoms with van der Waals surface area (Å²) in [6.45, 7) is 4.11. The maximum Gasteiger partial charge on any atom is 0.0897 e. The molecule has 0 spiro atoms. The third-order valence-electron chi connectivity index (χ3n) is 2.59. The molecular formula is C12H13ClN2S. The lowest BCUT2D eigenvalue weighted by molar-refractivity contribution is 0.715.